The average Bonchev–Trinajstić information content (AvgIpc) is 2.69. The molecule has 0 spiro atoms. The van der Waals surface area contributed by atoms with Gasteiger partial charge in [0, 0.05) is 0 Å². The molecule has 0 atom stereocenters. The summed E-state index contributed by atoms with van der Waals surface area (Å²) in [4.78, 5) is 0. The molecule has 0 radical (unpaired) electrons. The van der Waals surface area contributed by atoms with Crippen LogP contribution in [-0.2, 0) is 17.9 Å². The van der Waals surface area contributed by atoms with Crippen molar-refractivity contribution < 1.29 is 17.9 Å². The molecule has 0 bridgehead atoms. The van der Waals surface area contributed by atoms with Gasteiger partial charge in [0.1, 0.15) is 0 Å². The summed E-state index contributed by atoms with van der Waals surface area (Å²) in [5.74, 6) is 0. The van der Waals surface area contributed by atoms with Crippen molar-refractivity contribution in [2.24, 2.45) is 0 Å². The van der Waals surface area contributed by atoms with E-state index in [1.807, 2.05) is 0 Å². The van der Waals surface area contributed by atoms with Gasteiger partial charge in [-0.15, -0.1) is 0 Å². The van der Waals surface area contributed by atoms with Gasteiger partial charge in [0.2, 0.25) is 0 Å². The Morgan fingerprint density at radius 1 is 0.778 bits per heavy atom. The fourth-order valence-corrected chi connectivity index (χ4v) is 3.19. The molecule has 1 aliphatic carbocycles. The molecule has 0 amide bonds. The number of aryl methyl sites for hydroxylation is 2. The number of rotatable bonds is 1. The molecule has 0 nitrogen and oxygen atoms in total. The molecule has 0 heterocycles. The zero-order valence-electron chi connectivity index (χ0n) is 10.5. The van der Waals surface area contributed by atoms with Gasteiger partial charge in [0.25, 0.3) is 0 Å². The van der Waals surface area contributed by atoms with Gasteiger partial charge in [-0.1, -0.05) is 0 Å². The maximum absolute atomic E-state index is 2.75. The molecular formula is C17H14Ru+. The van der Waals surface area contributed by atoms with Gasteiger partial charge in [-0.25, -0.2) is 0 Å². The molecule has 3 rings (SSSR count). The van der Waals surface area contributed by atoms with Crippen LogP contribution in [0.2, 0.25) is 0 Å². The molecule has 0 N–H and O–H groups in total. The molecule has 1 aliphatic rings. The number of benzene rings is 2. The van der Waals surface area contributed by atoms with E-state index < -0.39 is 0 Å². The molecule has 1 heteroatoms. The molecule has 89 valence electrons. The van der Waals surface area contributed by atoms with E-state index in [2.05, 4.69) is 80.2 Å². The minimum atomic E-state index is 1.30. The summed E-state index contributed by atoms with van der Waals surface area (Å²) in [6, 6.07) is 15.1. The van der Waals surface area contributed by atoms with Gasteiger partial charge in [0.15, 0.2) is 0 Å². The van der Waals surface area contributed by atoms with E-state index in [-0.39, 0.29) is 0 Å². The van der Waals surface area contributed by atoms with Crippen molar-refractivity contribution in [1.82, 2.24) is 0 Å². The molecule has 2 aromatic rings. The van der Waals surface area contributed by atoms with Crippen LogP contribution in [0, 0.1) is 13.8 Å². The molecule has 18 heavy (non-hydrogen) atoms. The fourth-order valence-electron chi connectivity index (χ4n) is 2.58. The average molecular weight is 319 g/mol. The monoisotopic (exact) mass is 320 g/mol. The third kappa shape index (κ3) is 1.74. The Hall–Kier alpha value is -1.33. The van der Waals surface area contributed by atoms with E-state index in [9.17, 15) is 0 Å². The van der Waals surface area contributed by atoms with Crippen molar-refractivity contribution >= 4 is 9.68 Å². The van der Waals surface area contributed by atoms with Crippen LogP contribution >= 0.6 is 0 Å². The van der Waals surface area contributed by atoms with Gasteiger partial charge in [0.05, 0.1) is 0 Å². The van der Waals surface area contributed by atoms with Crippen molar-refractivity contribution in [1.29, 1.82) is 0 Å². The van der Waals surface area contributed by atoms with Gasteiger partial charge in [-0.05, 0) is 0 Å². The normalized spacial score (nSPS) is 13.4. The number of hydrogen-bond donors (Lipinski definition) is 0. The molecule has 0 saturated heterocycles. The molecule has 0 aromatic heterocycles. The van der Waals surface area contributed by atoms with Gasteiger partial charge in [-0.3, -0.25) is 0 Å². The second kappa shape index (κ2) is 4.41. The van der Waals surface area contributed by atoms with E-state index in [1.165, 1.54) is 37.5 Å². The summed E-state index contributed by atoms with van der Waals surface area (Å²) in [6.45, 7) is 4.37. The number of hydrogen-bond acceptors (Lipinski definition) is 0. The maximum atomic E-state index is 2.75. The van der Waals surface area contributed by atoms with Crippen LogP contribution in [-0.4, -0.2) is 4.11 Å². The minimum absolute atomic E-state index is 1.30. The first-order valence-corrected chi connectivity index (χ1v) is 6.94. The Labute approximate surface area is 118 Å². The van der Waals surface area contributed by atoms with E-state index in [0.717, 1.165) is 0 Å². The van der Waals surface area contributed by atoms with Gasteiger partial charge < -0.3 is 0 Å². The van der Waals surface area contributed by atoms with Crippen molar-refractivity contribution in [3.63, 3.8) is 0 Å². The summed E-state index contributed by atoms with van der Waals surface area (Å²) in [5.41, 5.74) is 8.12. The van der Waals surface area contributed by atoms with Crippen LogP contribution < -0.4 is 0 Å². The Kier molecular flexibility index (Phi) is 2.88. The molecular weight excluding hydrogens is 305 g/mol. The molecule has 0 aliphatic heterocycles. The van der Waals surface area contributed by atoms with E-state index in [1.54, 1.807) is 0 Å². The predicted octanol–water partition coefficient (Wildman–Crippen LogP) is 3.82. The zero-order valence-corrected chi connectivity index (χ0v) is 12.2. The van der Waals surface area contributed by atoms with Crippen LogP contribution in [0.4, 0.5) is 0 Å². The van der Waals surface area contributed by atoms with Crippen LogP contribution in [0.5, 0.6) is 0 Å². The summed E-state index contributed by atoms with van der Waals surface area (Å²) >= 11 is 2.75. The molecule has 0 fully saturated rings. The van der Waals surface area contributed by atoms with Gasteiger partial charge >= 0.3 is 118 Å². The van der Waals surface area contributed by atoms with Crippen LogP contribution in [0.15, 0.2) is 48.5 Å². The summed E-state index contributed by atoms with van der Waals surface area (Å²) < 4.78 is 1.30. The van der Waals surface area contributed by atoms with Crippen LogP contribution in [0.25, 0.3) is 5.57 Å². The SMILES string of the molecule is Cc1ccccc1C1=C[C](=[Ru+])c2cccc(C)c21. The third-order valence-electron chi connectivity index (χ3n) is 3.50. The topological polar surface area (TPSA) is 0 Å². The second-order valence-electron chi connectivity index (χ2n) is 4.71. The Balaban J connectivity index is 2.27. The first-order chi connectivity index (χ1) is 8.68. The van der Waals surface area contributed by atoms with Crippen molar-refractivity contribution in [3.05, 3.63) is 76.4 Å². The van der Waals surface area contributed by atoms with Gasteiger partial charge in [-0.2, -0.15) is 0 Å². The van der Waals surface area contributed by atoms with E-state index >= 15 is 0 Å². The van der Waals surface area contributed by atoms with Crippen molar-refractivity contribution in [3.8, 4) is 0 Å². The fraction of sp³-hybridized carbons (Fsp3) is 0.118. The van der Waals surface area contributed by atoms with E-state index in [4.69, 9.17) is 0 Å². The van der Waals surface area contributed by atoms with Crippen molar-refractivity contribution in [2.45, 2.75) is 13.8 Å². The number of allylic oxidation sites excluding steroid dienone is 1. The third-order valence-corrected chi connectivity index (χ3v) is 4.21. The van der Waals surface area contributed by atoms with E-state index in [0.29, 0.717) is 0 Å². The Morgan fingerprint density at radius 2 is 1.44 bits per heavy atom. The summed E-state index contributed by atoms with van der Waals surface area (Å²) in [7, 11) is 0. The standard InChI is InChI=1S/C17H14.Ru/c1-12-6-3-4-9-15(12)16-11-10-14-8-5-7-13(2)17(14)16;/h3-9,11H,1-2H3;/q;+1. The van der Waals surface area contributed by atoms with Crippen LogP contribution in [0.3, 0.4) is 0 Å². The molecule has 0 unspecified atom stereocenters. The Morgan fingerprint density at radius 3 is 2.22 bits per heavy atom. The second-order valence-corrected chi connectivity index (χ2v) is 5.64. The number of fused-ring (bicyclic) bond motifs is 1. The van der Waals surface area contributed by atoms with Crippen molar-refractivity contribution in [2.75, 3.05) is 0 Å². The zero-order chi connectivity index (χ0) is 12.7. The first kappa shape index (κ1) is 11.7. The first-order valence-electron chi connectivity index (χ1n) is 6.08. The quantitative estimate of drug-likeness (QED) is 0.701. The molecule has 0 saturated carbocycles. The Bertz CT molecular complexity index is 678. The van der Waals surface area contributed by atoms with Crippen LogP contribution in [0.1, 0.15) is 27.8 Å². The molecule has 2 aromatic carbocycles. The summed E-state index contributed by atoms with van der Waals surface area (Å²) in [5, 5.41) is 0. The predicted molar refractivity (Wildman–Crippen MR) is 73.5 cm³/mol. The summed E-state index contributed by atoms with van der Waals surface area (Å²) in [6.07, 6.45) is 2.29.